The van der Waals surface area contributed by atoms with Gasteiger partial charge in [0.25, 0.3) is 0 Å². The van der Waals surface area contributed by atoms with E-state index in [1.54, 1.807) is 0 Å². The van der Waals surface area contributed by atoms with Crippen molar-refractivity contribution < 1.29 is 46.3 Å². The molecule has 6 heavy (non-hydrogen) atoms. The Bertz CT molecular complexity index is 50.9. The van der Waals surface area contributed by atoms with Crippen LogP contribution in [0.25, 0.3) is 0 Å². The van der Waals surface area contributed by atoms with Gasteiger partial charge in [0.2, 0.25) is 0 Å². The molecule has 0 heterocycles. The van der Waals surface area contributed by atoms with Gasteiger partial charge in [-0.05, 0) is 0 Å². The van der Waals surface area contributed by atoms with Crippen molar-refractivity contribution in [1.29, 1.82) is 0 Å². The van der Waals surface area contributed by atoms with Gasteiger partial charge >= 0.3 is 35.5 Å². The Morgan fingerprint density at radius 2 is 1.67 bits per heavy atom. The SMILES string of the molecule is OC=C(O)O.[H-].[Na+]. The summed E-state index contributed by atoms with van der Waals surface area (Å²) in [5.41, 5.74) is 0. The predicted molar refractivity (Wildman–Crippen MR) is 17.1 cm³/mol. The molecule has 32 valence electrons. The Balaban J connectivity index is -0.0000000800. The Labute approximate surface area is 58.7 Å². The molecule has 3 nitrogen and oxygen atoms in total. The Morgan fingerprint density at radius 3 is 1.67 bits per heavy atom. The molecule has 0 radical (unpaired) electrons. The maximum Gasteiger partial charge on any atom is 1.00 e. The van der Waals surface area contributed by atoms with Crippen molar-refractivity contribution >= 4 is 0 Å². The molecule has 0 saturated heterocycles. The summed E-state index contributed by atoms with van der Waals surface area (Å²) < 4.78 is 0. The molecule has 0 amide bonds. The summed E-state index contributed by atoms with van der Waals surface area (Å²) in [5, 5.41) is 22.5. The molecule has 0 aromatic heterocycles. The average Bonchev–Trinajstić information content (AvgIpc) is 1.38. The van der Waals surface area contributed by atoms with Crippen LogP contribution in [0.4, 0.5) is 0 Å². The second kappa shape index (κ2) is 5.14. The number of aliphatic hydroxyl groups is 3. The van der Waals surface area contributed by atoms with E-state index in [4.69, 9.17) is 15.3 Å². The molecule has 4 heteroatoms. The van der Waals surface area contributed by atoms with Crippen LogP contribution in [0.3, 0.4) is 0 Å². The van der Waals surface area contributed by atoms with Crippen molar-refractivity contribution in [1.82, 2.24) is 0 Å². The molecule has 0 aliphatic heterocycles. The minimum absolute atomic E-state index is 0. The van der Waals surface area contributed by atoms with Gasteiger partial charge in [0.15, 0.2) is 6.26 Å². The Kier molecular flexibility index (Phi) is 8.11. The zero-order valence-corrected chi connectivity index (χ0v) is 5.42. The summed E-state index contributed by atoms with van der Waals surface area (Å²) in [5.74, 6) is -1.06. The minimum Gasteiger partial charge on any atom is -1.00 e. The van der Waals surface area contributed by atoms with E-state index in [1.165, 1.54) is 0 Å². The van der Waals surface area contributed by atoms with E-state index in [0.717, 1.165) is 0 Å². The first-order chi connectivity index (χ1) is 2.27. The fourth-order valence-electron chi connectivity index (χ4n) is 0. The van der Waals surface area contributed by atoms with Crippen LogP contribution in [0.5, 0.6) is 0 Å². The summed E-state index contributed by atoms with van der Waals surface area (Å²) in [7, 11) is 0. The molecule has 0 rings (SSSR count). The number of hydrogen-bond donors (Lipinski definition) is 3. The smallest absolute Gasteiger partial charge is 1.00 e. The molecule has 0 fully saturated rings. The molecular formula is C2H5NaO3. The van der Waals surface area contributed by atoms with Crippen LogP contribution in [0.15, 0.2) is 12.2 Å². The van der Waals surface area contributed by atoms with Gasteiger partial charge in [-0.25, -0.2) is 0 Å². The largest absolute Gasteiger partial charge is 1.00 e. The molecule has 0 bridgehead atoms. The third kappa shape index (κ3) is 8.91. The maximum atomic E-state index is 7.53. The third-order valence-corrected chi connectivity index (χ3v) is 0.115. The Morgan fingerprint density at radius 1 is 1.50 bits per heavy atom. The van der Waals surface area contributed by atoms with Gasteiger partial charge in [0.05, 0.1) is 0 Å². The van der Waals surface area contributed by atoms with Crippen molar-refractivity contribution in [3.8, 4) is 0 Å². The van der Waals surface area contributed by atoms with Gasteiger partial charge in [0.1, 0.15) is 0 Å². The standard InChI is InChI=1S/C2H4O3.Na.H/c3-1-2(4)5;;/h1,3-5H;;/q;+1;-1. The quantitative estimate of drug-likeness (QED) is 0.234. The van der Waals surface area contributed by atoms with Crippen LogP contribution < -0.4 is 29.6 Å². The van der Waals surface area contributed by atoms with Gasteiger partial charge < -0.3 is 16.7 Å². The van der Waals surface area contributed by atoms with E-state index >= 15 is 0 Å². The predicted octanol–water partition coefficient (Wildman–Crippen LogP) is -2.42. The maximum absolute atomic E-state index is 7.53. The van der Waals surface area contributed by atoms with Gasteiger partial charge in [-0.1, -0.05) is 0 Å². The average molecular weight is 100 g/mol. The van der Waals surface area contributed by atoms with Gasteiger partial charge in [0, 0.05) is 0 Å². The van der Waals surface area contributed by atoms with Crippen molar-refractivity contribution in [2.24, 2.45) is 0 Å². The van der Waals surface area contributed by atoms with Crippen LogP contribution in [-0.2, 0) is 0 Å². The summed E-state index contributed by atoms with van der Waals surface area (Å²) in [6.07, 6.45) is 0.194. The molecule has 0 unspecified atom stereocenters. The molecule has 0 aromatic rings. The second-order valence-corrected chi connectivity index (χ2v) is 0.487. The number of aliphatic hydroxyl groups excluding tert-OH is 2. The van der Waals surface area contributed by atoms with Crippen LogP contribution >= 0.6 is 0 Å². The number of rotatable bonds is 0. The van der Waals surface area contributed by atoms with Crippen molar-refractivity contribution in [2.45, 2.75) is 0 Å². The van der Waals surface area contributed by atoms with Crippen molar-refractivity contribution in [3.63, 3.8) is 0 Å². The minimum atomic E-state index is -1.06. The van der Waals surface area contributed by atoms with E-state index in [2.05, 4.69) is 0 Å². The zero-order chi connectivity index (χ0) is 4.28. The molecule has 0 saturated carbocycles. The fourth-order valence-corrected chi connectivity index (χ4v) is 0. The van der Waals surface area contributed by atoms with Crippen molar-refractivity contribution in [3.05, 3.63) is 12.2 Å². The van der Waals surface area contributed by atoms with Crippen molar-refractivity contribution in [2.75, 3.05) is 0 Å². The van der Waals surface area contributed by atoms with Gasteiger partial charge in [-0.2, -0.15) is 0 Å². The Hall–Kier alpha value is 0.140. The molecule has 0 aliphatic carbocycles. The first-order valence-corrected chi connectivity index (χ1v) is 0.994. The molecular weight excluding hydrogens is 95.0 g/mol. The third-order valence-electron chi connectivity index (χ3n) is 0.115. The van der Waals surface area contributed by atoms with E-state index in [0.29, 0.717) is 0 Å². The normalized spacial score (nSPS) is 5.33. The molecule has 0 spiro atoms. The summed E-state index contributed by atoms with van der Waals surface area (Å²) in [6.45, 7) is 0. The fraction of sp³-hybridized carbons (Fsp3) is 0. The summed E-state index contributed by atoms with van der Waals surface area (Å²) in [4.78, 5) is 0. The monoisotopic (exact) mass is 100 g/mol. The zero-order valence-electron chi connectivity index (χ0n) is 4.42. The molecule has 3 N–H and O–H groups in total. The van der Waals surface area contributed by atoms with Crippen LogP contribution in [-0.4, -0.2) is 15.3 Å². The van der Waals surface area contributed by atoms with Gasteiger partial charge in [-0.3, -0.25) is 0 Å². The first kappa shape index (κ1) is 9.46. The second-order valence-electron chi connectivity index (χ2n) is 0.487. The molecule has 0 aliphatic rings. The van der Waals surface area contributed by atoms with E-state index in [9.17, 15) is 0 Å². The van der Waals surface area contributed by atoms with E-state index < -0.39 is 5.95 Å². The van der Waals surface area contributed by atoms with Crippen LogP contribution in [0, 0.1) is 0 Å². The molecule has 0 aromatic carbocycles. The molecule has 0 atom stereocenters. The summed E-state index contributed by atoms with van der Waals surface area (Å²) >= 11 is 0. The first-order valence-electron chi connectivity index (χ1n) is 0.994. The topological polar surface area (TPSA) is 60.7 Å². The summed E-state index contributed by atoms with van der Waals surface area (Å²) in [6, 6.07) is 0. The number of hydrogen-bond acceptors (Lipinski definition) is 3. The van der Waals surface area contributed by atoms with E-state index in [-0.39, 0.29) is 37.2 Å². The van der Waals surface area contributed by atoms with Gasteiger partial charge in [-0.15, -0.1) is 0 Å². The van der Waals surface area contributed by atoms with Crippen LogP contribution in [0.2, 0.25) is 0 Å². The van der Waals surface area contributed by atoms with E-state index in [1.807, 2.05) is 0 Å². The van der Waals surface area contributed by atoms with Crippen LogP contribution in [0.1, 0.15) is 1.43 Å².